The molecule has 0 saturated carbocycles. The van der Waals surface area contributed by atoms with Gasteiger partial charge >= 0.3 is 0 Å². The van der Waals surface area contributed by atoms with Crippen LogP contribution in [-0.2, 0) is 0 Å². The van der Waals surface area contributed by atoms with Crippen molar-refractivity contribution in [2.45, 2.75) is 6.92 Å². The van der Waals surface area contributed by atoms with Gasteiger partial charge in [-0.2, -0.15) is 0 Å². The second-order valence-electron chi connectivity index (χ2n) is 4.17. The van der Waals surface area contributed by atoms with E-state index in [1.54, 1.807) is 24.3 Å². The number of carbonyl (C=O) groups is 1. The third-order valence-electron chi connectivity index (χ3n) is 2.80. The molecule has 5 heteroatoms. The summed E-state index contributed by atoms with van der Waals surface area (Å²) in [5.41, 5.74) is 1.12. The van der Waals surface area contributed by atoms with Crippen molar-refractivity contribution < 1.29 is 13.6 Å². The summed E-state index contributed by atoms with van der Waals surface area (Å²) in [6.45, 7) is 1.91. The van der Waals surface area contributed by atoms with Gasteiger partial charge in [0.1, 0.15) is 0 Å². The van der Waals surface area contributed by atoms with Crippen LogP contribution in [0, 0.1) is 12.7 Å². The van der Waals surface area contributed by atoms with Gasteiger partial charge in [0.05, 0.1) is 8.66 Å². The molecule has 0 radical (unpaired) electrons. The zero-order valence-corrected chi connectivity index (χ0v) is 12.3. The molecule has 0 aliphatic carbocycles. The summed E-state index contributed by atoms with van der Waals surface area (Å²) in [6.07, 6.45) is 0. The lowest BCUT2D eigenvalue weighted by atomic mass is 10.2. The number of para-hydroxylation sites is 1. The van der Waals surface area contributed by atoms with Crippen molar-refractivity contribution in [3.8, 4) is 0 Å². The largest absolute Gasteiger partial charge is 0.449 e. The zero-order chi connectivity index (χ0) is 13.6. The molecule has 3 aromatic rings. The lowest BCUT2D eigenvalue weighted by molar-refractivity contribution is 0.101. The second-order valence-corrected chi connectivity index (χ2v) is 6.54. The van der Waals surface area contributed by atoms with Crippen molar-refractivity contribution in [2.24, 2.45) is 0 Å². The van der Waals surface area contributed by atoms with Gasteiger partial charge in [0.2, 0.25) is 5.78 Å². The van der Waals surface area contributed by atoms with Crippen LogP contribution in [0.2, 0.25) is 0 Å². The monoisotopic (exact) mass is 338 g/mol. The minimum atomic E-state index is -0.458. The number of carbonyl (C=O) groups excluding carboxylic acids is 1. The lowest BCUT2D eigenvalue weighted by Gasteiger charge is -1.91. The highest BCUT2D eigenvalue weighted by Crippen LogP contribution is 2.30. The van der Waals surface area contributed by atoms with Crippen LogP contribution < -0.4 is 0 Å². The fourth-order valence-electron chi connectivity index (χ4n) is 1.83. The summed E-state index contributed by atoms with van der Waals surface area (Å²) in [5, 5.41) is 0.593. The van der Waals surface area contributed by atoms with Crippen LogP contribution in [0.4, 0.5) is 4.39 Å². The van der Waals surface area contributed by atoms with Crippen LogP contribution in [0.5, 0.6) is 0 Å². The first kappa shape index (κ1) is 12.6. The Morgan fingerprint density at radius 1 is 1.37 bits per heavy atom. The van der Waals surface area contributed by atoms with E-state index < -0.39 is 5.82 Å². The maximum Gasteiger partial charge on any atom is 0.238 e. The first-order chi connectivity index (χ1) is 9.06. The molecule has 0 unspecified atom stereocenters. The lowest BCUT2D eigenvalue weighted by Crippen LogP contribution is -1.95. The molecule has 2 nitrogen and oxygen atoms in total. The molecule has 0 aliphatic heterocycles. The van der Waals surface area contributed by atoms with Crippen molar-refractivity contribution in [3.63, 3.8) is 0 Å². The predicted molar refractivity (Wildman–Crippen MR) is 76.4 cm³/mol. The molecule has 1 aromatic carbocycles. The fraction of sp³-hybridized carbons (Fsp3) is 0.0714. The van der Waals surface area contributed by atoms with E-state index in [1.807, 2.05) is 6.92 Å². The summed E-state index contributed by atoms with van der Waals surface area (Å²) in [6, 6.07) is 7.98. The third kappa shape index (κ3) is 2.13. The number of benzene rings is 1. The average Bonchev–Trinajstić information content (AvgIpc) is 2.94. The van der Waals surface area contributed by atoms with Crippen LogP contribution in [0.1, 0.15) is 21.0 Å². The van der Waals surface area contributed by atoms with Gasteiger partial charge < -0.3 is 4.42 Å². The minimum Gasteiger partial charge on any atom is -0.449 e. The highest BCUT2D eigenvalue weighted by atomic mass is 79.9. The Balaban J connectivity index is 2.09. The number of hydrogen-bond acceptors (Lipinski definition) is 3. The highest BCUT2D eigenvalue weighted by Gasteiger charge is 2.18. The zero-order valence-electron chi connectivity index (χ0n) is 9.87. The Kier molecular flexibility index (Phi) is 3.03. The van der Waals surface area contributed by atoms with Gasteiger partial charge in [0, 0.05) is 5.39 Å². The van der Waals surface area contributed by atoms with E-state index in [0.717, 1.165) is 9.35 Å². The molecule has 0 N–H and O–H groups in total. The van der Waals surface area contributed by atoms with Crippen LogP contribution in [0.15, 0.2) is 38.5 Å². The molecule has 0 fully saturated rings. The van der Waals surface area contributed by atoms with Crippen LogP contribution in [0.25, 0.3) is 11.0 Å². The van der Waals surface area contributed by atoms with E-state index in [4.69, 9.17) is 4.42 Å². The summed E-state index contributed by atoms with van der Waals surface area (Å²) < 4.78 is 19.8. The second kappa shape index (κ2) is 4.58. The highest BCUT2D eigenvalue weighted by molar-refractivity contribution is 9.11. The van der Waals surface area contributed by atoms with Crippen molar-refractivity contribution in [1.82, 2.24) is 0 Å². The molecule has 3 rings (SSSR count). The molecule has 19 heavy (non-hydrogen) atoms. The van der Waals surface area contributed by atoms with Gasteiger partial charge in [0.25, 0.3) is 0 Å². The molecule has 0 amide bonds. The number of furan rings is 1. The normalized spacial score (nSPS) is 11.1. The molecule has 0 atom stereocenters. The molecule has 96 valence electrons. The maximum absolute atomic E-state index is 13.5. The average molecular weight is 339 g/mol. The SMILES string of the molecule is Cc1cc(C(=O)c2cc3cccc(F)c3o2)sc1Br. The van der Waals surface area contributed by atoms with E-state index in [2.05, 4.69) is 15.9 Å². The van der Waals surface area contributed by atoms with Crippen molar-refractivity contribution in [3.05, 3.63) is 56.1 Å². The fourth-order valence-corrected chi connectivity index (χ4v) is 3.31. The summed E-state index contributed by atoms with van der Waals surface area (Å²) in [4.78, 5) is 12.8. The first-order valence-corrected chi connectivity index (χ1v) is 7.16. The quantitative estimate of drug-likeness (QED) is 0.620. The number of ketones is 1. The predicted octanol–water partition coefficient (Wildman–Crippen LogP) is 4.94. The minimum absolute atomic E-state index is 0.123. The Labute approximate surface area is 121 Å². The topological polar surface area (TPSA) is 30.2 Å². The molecule has 0 saturated heterocycles. The molecular weight excluding hydrogens is 331 g/mol. The first-order valence-electron chi connectivity index (χ1n) is 5.55. The van der Waals surface area contributed by atoms with Gasteiger partial charge in [-0.05, 0) is 46.6 Å². The summed E-state index contributed by atoms with van der Waals surface area (Å²) in [7, 11) is 0. The van der Waals surface area contributed by atoms with Crippen molar-refractivity contribution in [1.29, 1.82) is 0 Å². The van der Waals surface area contributed by atoms with E-state index in [1.165, 1.54) is 17.4 Å². The number of thiophene rings is 1. The Hall–Kier alpha value is -1.46. The van der Waals surface area contributed by atoms with Crippen LogP contribution >= 0.6 is 27.3 Å². The van der Waals surface area contributed by atoms with E-state index in [9.17, 15) is 9.18 Å². The molecule has 0 bridgehead atoms. The molecule has 0 spiro atoms. The number of fused-ring (bicyclic) bond motifs is 1. The van der Waals surface area contributed by atoms with Crippen molar-refractivity contribution >= 4 is 44.0 Å². The molecule has 2 aromatic heterocycles. The van der Waals surface area contributed by atoms with Gasteiger partial charge in [-0.1, -0.05) is 12.1 Å². The Bertz CT molecular complexity index is 768. The third-order valence-corrected chi connectivity index (χ3v) is 4.94. The molecular formula is C14H8BrFO2S. The van der Waals surface area contributed by atoms with E-state index in [-0.39, 0.29) is 17.1 Å². The van der Waals surface area contributed by atoms with Gasteiger partial charge in [-0.3, -0.25) is 4.79 Å². The number of aryl methyl sites for hydroxylation is 1. The van der Waals surface area contributed by atoms with Crippen LogP contribution in [-0.4, -0.2) is 5.78 Å². The molecule has 2 heterocycles. The van der Waals surface area contributed by atoms with Crippen LogP contribution in [0.3, 0.4) is 0 Å². The summed E-state index contributed by atoms with van der Waals surface area (Å²) >= 11 is 4.72. The maximum atomic E-state index is 13.5. The number of halogens is 2. The van der Waals surface area contributed by atoms with Crippen molar-refractivity contribution in [2.75, 3.05) is 0 Å². The van der Waals surface area contributed by atoms with Gasteiger partial charge in [0.15, 0.2) is 17.2 Å². The Morgan fingerprint density at radius 3 is 2.79 bits per heavy atom. The van der Waals surface area contributed by atoms with Gasteiger partial charge in [-0.25, -0.2) is 4.39 Å². The van der Waals surface area contributed by atoms with Gasteiger partial charge in [-0.15, -0.1) is 11.3 Å². The van der Waals surface area contributed by atoms with E-state index in [0.29, 0.717) is 10.3 Å². The Morgan fingerprint density at radius 2 is 2.16 bits per heavy atom. The number of hydrogen-bond donors (Lipinski definition) is 0. The molecule has 0 aliphatic rings. The number of rotatable bonds is 2. The smallest absolute Gasteiger partial charge is 0.238 e. The summed E-state index contributed by atoms with van der Waals surface area (Å²) in [5.74, 6) is -0.525. The van der Waals surface area contributed by atoms with E-state index >= 15 is 0 Å². The standard InChI is InChI=1S/C14H8BrFO2S/c1-7-5-11(19-14(7)15)12(17)10-6-8-3-2-4-9(16)13(8)18-10/h2-6H,1H3.